The Labute approximate surface area is 299 Å². The second kappa shape index (κ2) is 16.6. The molecule has 0 unspecified atom stereocenters. The average Bonchev–Trinajstić information content (AvgIpc) is 3.17. The van der Waals surface area contributed by atoms with E-state index in [1.54, 1.807) is 48.5 Å². The first kappa shape index (κ1) is 34.2. The van der Waals surface area contributed by atoms with Gasteiger partial charge in [0.05, 0.1) is 37.8 Å². The van der Waals surface area contributed by atoms with Crippen molar-refractivity contribution in [3.63, 3.8) is 0 Å². The summed E-state index contributed by atoms with van der Waals surface area (Å²) in [5, 5.41) is 41.9. The van der Waals surface area contributed by atoms with E-state index in [-0.39, 0.29) is 37.9 Å². The Balaban J connectivity index is 1.00. The van der Waals surface area contributed by atoms with Gasteiger partial charge in [0, 0.05) is 22.9 Å². The predicted octanol–water partition coefficient (Wildman–Crippen LogP) is 9.50. The third-order valence-electron chi connectivity index (χ3n) is 8.09. The number of aromatic hydroxyl groups is 2. The number of hydrogen-bond acceptors (Lipinski definition) is 12. The fourth-order valence-electron chi connectivity index (χ4n) is 5.54. The van der Waals surface area contributed by atoms with E-state index >= 15 is 0 Å². The molecule has 0 bridgehead atoms. The molecule has 1 aliphatic rings. The Morgan fingerprint density at radius 2 is 0.788 bits per heavy atom. The van der Waals surface area contributed by atoms with Crippen molar-refractivity contribution in [3.8, 4) is 34.5 Å². The van der Waals surface area contributed by atoms with Crippen LogP contribution in [-0.2, 0) is 9.47 Å². The molecule has 0 atom stereocenters. The molecule has 6 aromatic carbocycles. The summed E-state index contributed by atoms with van der Waals surface area (Å²) in [6.45, 7) is 2.23. The summed E-state index contributed by atoms with van der Waals surface area (Å²) in [4.78, 5) is 0. The van der Waals surface area contributed by atoms with Crippen LogP contribution in [0.2, 0.25) is 0 Å². The van der Waals surface area contributed by atoms with Crippen molar-refractivity contribution in [3.05, 3.63) is 109 Å². The molecule has 12 nitrogen and oxygen atoms in total. The van der Waals surface area contributed by atoms with Crippen LogP contribution < -0.4 is 18.9 Å². The second-order valence-electron chi connectivity index (χ2n) is 11.6. The van der Waals surface area contributed by atoms with Crippen molar-refractivity contribution in [1.29, 1.82) is 0 Å². The van der Waals surface area contributed by atoms with Gasteiger partial charge in [-0.15, -0.1) is 10.2 Å². The number of rotatable bonds is 4. The zero-order valence-corrected chi connectivity index (χ0v) is 28.2. The highest BCUT2D eigenvalue weighted by atomic mass is 16.6. The summed E-state index contributed by atoms with van der Waals surface area (Å²) in [7, 11) is 0. The SMILES string of the molecule is Oc1ccc2ccccc2c1N=Nc1ccc2c(c1)OCCOCCOc1ccc(N=Nc3c(O)ccc4ccccc34)cc1OCCOCCO2. The number of phenolic OH excluding ortho intramolecular Hbond substituents is 2. The van der Waals surface area contributed by atoms with Crippen LogP contribution in [0.5, 0.6) is 34.5 Å². The number of hydrogen-bond donors (Lipinski definition) is 2. The van der Waals surface area contributed by atoms with Crippen LogP contribution in [0.15, 0.2) is 130 Å². The summed E-state index contributed by atoms with van der Waals surface area (Å²) in [5.74, 6) is 2.06. The summed E-state index contributed by atoms with van der Waals surface area (Å²) in [5.41, 5.74) is 1.82. The number of nitrogens with zero attached hydrogens (tertiary/aromatic N) is 4. The van der Waals surface area contributed by atoms with Gasteiger partial charge >= 0.3 is 0 Å². The van der Waals surface area contributed by atoms with Gasteiger partial charge in [-0.2, -0.15) is 10.2 Å². The molecular formula is C40H36N4O8. The lowest BCUT2D eigenvalue weighted by atomic mass is 10.1. The predicted molar refractivity (Wildman–Crippen MR) is 196 cm³/mol. The number of phenols is 2. The molecule has 7 rings (SSSR count). The van der Waals surface area contributed by atoms with Crippen LogP contribution in [0.4, 0.5) is 22.7 Å². The molecule has 1 heterocycles. The number of ether oxygens (including phenoxy) is 6. The third-order valence-corrected chi connectivity index (χ3v) is 8.09. The third kappa shape index (κ3) is 8.37. The second-order valence-corrected chi connectivity index (χ2v) is 11.6. The van der Waals surface area contributed by atoms with E-state index in [0.29, 0.717) is 72.2 Å². The van der Waals surface area contributed by atoms with E-state index < -0.39 is 0 Å². The quantitative estimate of drug-likeness (QED) is 0.173. The fraction of sp³-hybridized carbons (Fsp3) is 0.200. The molecule has 6 aromatic rings. The standard InChI is InChI=1S/C40H36N4O8/c45-33-13-9-27-5-1-3-7-31(27)39(33)43-41-29-11-15-35-37(25-29)51-23-19-47-18-22-50-36-16-12-30(26-38(36)52-24-20-48-17-21-49-35)42-44-40-32-8-4-2-6-28(32)10-14-34(40)46/h1-16,25-26,45-46H,17-24H2. The lowest BCUT2D eigenvalue weighted by Crippen LogP contribution is -2.15. The Morgan fingerprint density at radius 1 is 0.385 bits per heavy atom. The minimum Gasteiger partial charge on any atom is -0.506 e. The molecule has 0 saturated heterocycles. The van der Waals surface area contributed by atoms with Gasteiger partial charge in [-0.05, 0) is 47.2 Å². The maximum absolute atomic E-state index is 10.5. The Morgan fingerprint density at radius 3 is 1.23 bits per heavy atom. The molecule has 0 spiro atoms. The van der Waals surface area contributed by atoms with E-state index in [0.717, 1.165) is 21.5 Å². The Kier molecular flexibility index (Phi) is 11.0. The molecule has 0 fully saturated rings. The smallest absolute Gasteiger partial charge is 0.163 e. The van der Waals surface area contributed by atoms with Gasteiger partial charge in [-0.3, -0.25) is 0 Å². The van der Waals surface area contributed by atoms with Crippen molar-refractivity contribution < 1.29 is 38.6 Å². The topological polar surface area (TPSA) is 145 Å². The largest absolute Gasteiger partial charge is 0.506 e. The van der Waals surface area contributed by atoms with Crippen molar-refractivity contribution in [2.24, 2.45) is 20.5 Å². The summed E-state index contributed by atoms with van der Waals surface area (Å²) >= 11 is 0. The Bertz CT molecular complexity index is 2070. The first-order chi connectivity index (χ1) is 25.6. The zero-order valence-electron chi connectivity index (χ0n) is 28.2. The van der Waals surface area contributed by atoms with E-state index in [4.69, 9.17) is 28.4 Å². The lowest BCUT2D eigenvalue weighted by molar-refractivity contribution is 0.0640. The summed E-state index contributed by atoms with van der Waals surface area (Å²) in [6.07, 6.45) is 0. The van der Waals surface area contributed by atoms with Crippen molar-refractivity contribution >= 4 is 44.3 Å². The van der Waals surface area contributed by atoms with Crippen molar-refractivity contribution in [2.45, 2.75) is 0 Å². The van der Waals surface area contributed by atoms with Crippen molar-refractivity contribution in [1.82, 2.24) is 0 Å². The van der Waals surface area contributed by atoms with E-state index in [1.807, 2.05) is 60.7 Å². The van der Waals surface area contributed by atoms with Crippen molar-refractivity contribution in [2.75, 3.05) is 52.9 Å². The molecule has 0 aromatic heterocycles. The number of azo groups is 2. The van der Waals surface area contributed by atoms with Gasteiger partial charge in [0.1, 0.15) is 49.3 Å². The minimum absolute atomic E-state index is 0.0411. The van der Waals surface area contributed by atoms with Gasteiger partial charge in [0.25, 0.3) is 0 Å². The molecule has 52 heavy (non-hydrogen) atoms. The van der Waals surface area contributed by atoms with E-state index in [1.165, 1.54) is 0 Å². The molecular weight excluding hydrogens is 664 g/mol. The molecule has 0 saturated carbocycles. The molecule has 0 aliphatic carbocycles. The highest BCUT2D eigenvalue weighted by Gasteiger charge is 2.12. The molecule has 2 N–H and O–H groups in total. The summed E-state index contributed by atoms with van der Waals surface area (Å²) < 4.78 is 35.6. The monoisotopic (exact) mass is 700 g/mol. The van der Waals surface area contributed by atoms with Gasteiger partial charge in [-0.1, -0.05) is 60.7 Å². The van der Waals surface area contributed by atoms with Gasteiger partial charge in [0.15, 0.2) is 23.0 Å². The maximum atomic E-state index is 10.5. The van der Waals surface area contributed by atoms with Crippen LogP contribution in [-0.4, -0.2) is 63.1 Å². The number of fused-ring (bicyclic) bond motifs is 4. The van der Waals surface area contributed by atoms with Gasteiger partial charge in [0.2, 0.25) is 0 Å². The van der Waals surface area contributed by atoms with Crippen LogP contribution in [0, 0.1) is 0 Å². The first-order valence-electron chi connectivity index (χ1n) is 16.8. The summed E-state index contributed by atoms with van der Waals surface area (Å²) in [6, 6.07) is 32.7. The molecule has 0 radical (unpaired) electrons. The Hall–Kier alpha value is -6.24. The van der Waals surface area contributed by atoms with Gasteiger partial charge < -0.3 is 38.6 Å². The molecule has 0 amide bonds. The highest BCUT2D eigenvalue weighted by Crippen LogP contribution is 2.39. The van der Waals surface area contributed by atoms with Crippen LogP contribution in [0.1, 0.15) is 0 Å². The van der Waals surface area contributed by atoms with E-state index in [9.17, 15) is 10.2 Å². The normalized spacial score (nSPS) is 14.8. The highest BCUT2D eigenvalue weighted by molar-refractivity contribution is 5.96. The maximum Gasteiger partial charge on any atom is 0.163 e. The lowest BCUT2D eigenvalue weighted by Gasteiger charge is -2.16. The number of benzene rings is 6. The zero-order chi connectivity index (χ0) is 35.5. The van der Waals surface area contributed by atoms with Crippen LogP contribution in [0.25, 0.3) is 21.5 Å². The molecule has 1 aliphatic heterocycles. The van der Waals surface area contributed by atoms with Crippen LogP contribution >= 0.6 is 0 Å². The first-order valence-corrected chi connectivity index (χ1v) is 16.8. The molecule has 12 heteroatoms. The molecule has 264 valence electrons. The fourth-order valence-corrected chi connectivity index (χ4v) is 5.54. The minimum atomic E-state index is 0.0411. The average molecular weight is 701 g/mol. The van der Waals surface area contributed by atoms with Crippen LogP contribution in [0.3, 0.4) is 0 Å². The van der Waals surface area contributed by atoms with E-state index in [2.05, 4.69) is 20.5 Å². The van der Waals surface area contributed by atoms with Gasteiger partial charge in [-0.25, -0.2) is 0 Å².